The van der Waals surface area contributed by atoms with Gasteiger partial charge in [0, 0.05) is 5.02 Å². The van der Waals surface area contributed by atoms with E-state index < -0.39 is 12.0 Å². The zero-order chi connectivity index (χ0) is 25.3. The molecule has 0 spiro atoms. The Kier molecular flexibility index (Phi) is 7.67. The van der Waals surface area contributed by atoms with Crippen molar-refractivity contribution in [2.75, 3.05) is 20.8 Å². The van der Waals surface area contributed by atoms with E-state index in [1.807, 2.05) is 12.1 Å². The molecular formula is C25H22ClIN2O5S. The van der Waals surface area contributed by atoms with Crippen LogP contribution in [0.2, 0.25) is 5.02 Å². The van der Waals surface area contributed by atoms with E-state index in [9.17, 15) is 9.59 Å². The van der Waals surface area contributed by atoms with Gasteiger partial charge in [-0.05, 0) is 77.9 Å². The summed E-state index contributed by atoms with van der Waals surface area (Å²) in [5.74, 6) is 0.694. The lowest BCUT2D eigenvalue weighted by molar-refractivity contribution is -0.139. The number of ether oxygens (including phenoxy) is 3. The van der Waals surface area contributed by atoms with Crippen molar-refractivity contribution < 1.29 is 19.0 Å². The zero-order valence-corrected chi connectivity index (χ0v) is 23.2. The summed E-state index contributed by atoms with van der Waals surface area (Å²) in [6, 6.07) is 10.1. The van der Waals surface area contributed by atoms with Crippen LogP contribution < -0.4 is 24.4 Å². The van der Waals surface area contributed by atoms with Crippen LogP contribution in [-0.2, 0) is 9.53 Å². The fourth-order valence-corrected chi connectivity index (χ4v) is 5.94. The number of hydrogen-bond donors (Lipinski definition) is 0. The summed E-state index contributed by atoms with van der Waals surface area (Å²) in [6.07, 6.45) is 1.79. The van der Waals surface area contributed by atoms with Gasteiger partial charge in [0.25, 0.3) is 5.56 Å². The van der Waals surface area contributed by atoms with E-state index in [1.54, 1.807) is 63.0 Å². The van der Waals surface area contributed by atoms with Crippen LogP contribution in [-0.4, -0.2) is 31.4 Å². The molecule has 7 nitrogen and oxygen atoms in total. The van der Waals surface area contributed by atoms with Crippen LogP contribution in [0.4, 0.5) is 0 Å². The number of carbonyl (C=O) groups excluding carboxylic acids is 1. The van der Waals surface area contributed by atoms with E-state index >= 15 is 0 Å². The van der Waals surface area contributed by atoms with E-state index in [-0.39, 0.29) is 12.2 Å². The summed E-state index contributed by atoms with van der Waals surface area (Å²) in [6.45, 7) is 3.71. The van der Waals surface area contributed by atoms with Gasteiger partial charge < -0.3 is 14.2 Å². The largest absolute Gasteiger partial charge is 0.493 e. The number of rotatable bonds is 6. The summed E-state index contributed by atoms with van der Waals surface area (Å²) in [4.78, 5) is 31.7. The van der Waals surface area contributed by atoms with Crippen LogP contribution in [0.5, 0.6) is 11.5 Å². The molecule has 1 unspecified atom stereocenters. The third-order valence-corrected chi connectivity index (χ3v) is 7.49. The molecule has 0 fully saturated rings. The third-order valence-electron chi connectivity index (χ3n) is 5.46. The molecule has 0 N–H and O–H groups in total. The maximum absolute atomic E-state index is 13.7. The maximum atomic E-state index is 13.7. The minimum Gasteiger partial charge on any atom is -0.493 e. The molecule has 182 valence electrons. The van der Waals surface area contributed by atoms with Gasteiger partial charge in [-0.15, -0.1) is 0 Å². The average molecular weight is 625 g/mol. The van der Waals surface area contributed by atoms with Crippen LogP contribution in [0.25, 0.3) is 6.08 Å². The van der Waals surface area contributed by atoms with Gasteiger partial charge in [-0.2, -0.15) is 0 Å². The highest BCUT2D eigenvalue weighted by atomic mass is 127. The van der Waals surface area contributed by atoms with E-state index in [2.05, 4.69) is 27.6 Å². The number of carbonyl (C=O) groups is 1. The van der Waals surface area contributed by atoms with Crippen LogP contribution in [0.1, 0.15) is 31.0 Å². The summed E-state index contributed by atoms with van der Waals surface area (Å²) in [5.41, 5.74) is 2.10. The molecule has 1 aromatic heterocycles. The topological polar surface area (TPSA) is 79.1 Å². The van der Waals surface area contributed by atoms with Gasteiger partial charge in [0.1, 0.15) is 0 Å². The van der Waals surface area contributed by atoms with Crippen molar-refractivity contribution in [2.24, 2.45) is 4.99 Å². The first-order chi connectivity index (χ1) is 16.8. The smallest absolute Gasteiger partial charge is 0.338 e. The molecule has 0 saturated carbocycles. The number of nitrogens with zero attached hydrogens (tertiary/aromatic N) is 2. The Balaban J connectivity index is 1.94. The van der Waals surface area contributed by atoms with Gasteiger partial charge in [0.2, 0.25) is 0 Å². The summed E-state index contributed by atoms with van der Waals surface area (Å²) in [7, 11) is 3.15. The molecule has 0 amide bonds. The minimum absolute atomic E-state index is 0.214. The fraction of sp³-hybridized carbons (Fsp3) is 0.240. The van der Waals surface area contributed by atoms with E-state index in [4.69, 9.17) is 25.8 Å². The number of esters is 1. The molecule has 0 bridgehead atoms. The number of thiazole rings is 1. The zero-order valence-electron chi connectivity index (χ0n) is 19.4. The molecule has 0 aliphatic carbocycles. The number of allylic oxidation sites excluding steroid dienone is 1. The number of halogens is 2. The molecule has 35 heavy (non-hydrogen) atoms. The van der Waals surface area contributed by atoms with Crippen LogP contribution in [0.3, 0.4) is 0 Å². The molecule has 1 aliphatic heterocycles. The van der Waals surface area contributed by atoms with Gasteiger partial charge in [-0.1, -0.05) is 35.1 Å². The number of methoxy groups -OCH3 is 2. The van der Waals surface area contributed by atoms with Crippen molar-refractivity contribution in [2.45, 2.75) is 19.9 Å². The van der Waals surface area contributed by atoms with Crippen molar-refractivity contribution in [3.8, 4) is 11.5 Å². The number of hydrogen-bond acceptors (Lipinski definition) is 7. The number of aromatic nitrogens is 1. The average Bonchev–Trinajstić information content (AvgIpc) is 3.12. The Bertz CT molecular complexity index is 1510. The Morgan fingerprint density at radius 2 is 1.94 bits per heavy atom. The van der Waals surface area contributed by atoms with E-state index in [0.29, 0.717) is 37.1 Å². The molecule has 3 aromatic rings. The van der Waals surface area contributed by atoms with Gasteiger partial charge in [0.15, 0.2) is 16.3 Å². The van der Waals surface area contributed by atoms with Gasteiger partial charge in [0.05, 0.1) is 46.2 Å². The lowest BCUT2D eigenvalue weighted by Crippen LogP contribution is -2.39. The first-order valence-corrected chi connectivity index (χ1v) is 12.9. The van der Waals surface area contributed by atoms with Crippen molar-refractivity contribution in [3.05, 3.63) is 87.1 Å². The Hall–Kier alpha value is -2.63. The molecule has 1 aliphatic rings. The monoisotopic (exact) mass is 624 g/mol. The Morgan fingerprint density at radius 3 is 2.57 bits per heavy atom. The van der Waals surface area contributed by atoms with Crippen LogP contribution in [0, 0.1) is 3.57 Å². The van der Waals surface area contributed by atoms with Gasteiger partial charge in [-0.25, -0.2) is 9.79 Å². The first-order valence-electron chi connectivity index (χ1n) is 10.7. The van der Waals surface area contributed by atoms with Crippen molar-refractivity contribution in [1.29, 1.82) is 0 Å². The molecule has 2 aromatic carbocycles. The Morgan fingerprint density at radius 1 is 1.23 bits per heavy atom. The highest BCUT2D eigenvalue weighted by Gasteiger charge is 2.33. The van der Waals surface area contributed by atoms with Gasteiger partial charge >= 0.3 is 5.97 Å². The molecule has 0 radical (unpaired) electrons. The normalized spacial score (nSPS) is 15.5. The van der Waals surface area contributed by atoms with Crippen molar-refractivity contribution >= 4 is 57.6 Å². The number of benzene rings is 2. The molecule has 1 atom stereocenters. The third kappa shape index (κ3) is 4.89. The standard InChI is InChI=1S/C25H22ClIN2O5S/c1-5-34-24(31)20-13(2)28-25-29(21(20)15-6-8-16(26)9-7-15)23(30)19(35-25)12-14-10-17(27)22(33-4)18(11-14)32-3/h6-12,21H,5H2,1-4H3/b19-12-. The summed E-state index contributed by atoms with van der Waals surface area (Å²) >= 11 is 9.52. The second kappa shape index (κ2) is 10.5. The fourth-order valence-electron chi connectivity index (χ4n) is 3.92. The van der Waals surface area contributed by atoms with E-state index in [0.717, 1.165) is 14.7 Å². The first kappa shape index (κ1) is 25.5. The molecule has 10 heteroatoms. The quantitative estimate of drug-likeness (QED) is 0.305. The summed E-state index contributed by atoms with van der Waals surface area (Å²) < 4.78 is 19.1. The minimum atomic E-state index is -0.685. The molecule has 4 rings (SSSR count). The van der Waals surface area contributed by atoms with Gasteiger partial charge in [-0.3, -0.25) is 9.36 Å². The lowest BCUT2D eigenvalue weighted by Gasteiger charge is -2.24. The highest BCUT2D eigenvalue weighted by molar-refractivity contribution is 14.1. The predicted octanol–water partition coefficient (Wildman–Crippen LogP) is 4.07. The predicted molar refractivity (Wildman–Crippen MR) is 144 cm³/mol. The molecular weight excluding hydrogens is 603 g/mol. The van der Waals surface area contributed by atoms with E-state index in [1.165, 1.54) is 11.3 Å². The SMILES string of the molecule is CCOC(=O)C1=C(C)N=c2s/c(=C\c3cc(I)c(OC)c(OC)c3)c(=O)n2C1c1ccc(Cl)cc1. The van der Waals surface area contributed by atoms with Crippen LogP contribution >= 0.6 is 45.5 Å². The maximum Gasteiger partial charge on any atom is 0.338 e. The number of fused-ring (bicyclic) bond motifs is 1. The Labute approximate surface area is 224 Å². The second-order valence-electron chi connectivity index (χ2n) is 7.59. The van der Waals surface area contributed by atoms with Crippen molar-refractivity contribution in [1.82, 2.24) is 4.57 Å². The van der Waals surface area contributed by atoms with Crippen molar-refractivity contribution in [3.63, 3.8) is 0 Å². The lowest BCUT2D eigenvalue weighted by atomic mass is 9.96. The molecule has 2 heterocycles. The summed E-state index contributed by atoms with van der Waals surface area (Å²) in [5, 5.41) is 0.558. The molecule has 0 saturated heterocycles. The van der Waals surface area contributed by atoms with Crippen LogP contribution in [0.15, 0.2) is 57.5 Å². The second-order valence-corrected chi connectivity index (χ2v) is 10.2. The highest BCUT2D eigenvalue weighted by Crippen LogP contribution is 2.34.